The number of nitrogens with zero attached hydrogens (tertiary/aromatic N) is 2. The number of carbonyl (C=O) groups excluding carboxylic acids is 1. The summed E-state index contributed by atoms with van der Waals surface area (Å²) in [6.07, 6.45) is 5.57. The number of pyridine rings is 2. The molecular weight excluding hydrogens is 270 g/mol. The maximum atomic E-state index is 12.3. The largest absolute Gasteiger partial charge is 0.488 e. The number of aromatic amines is 1. The zero-order chi connectivity index (χ0) is 14.7. The molecule has 3 heterocycles. The normalized spacial score (nSPS) is 17.7. The second-order valence-electron chi connectivity index (χ2n) is 4.90. The Hall–Kier alpha value is -2.63. The van der Waals surface area contributed by atoms with Crippen LogP contribution in [0.5, 0.6) is 5.75 Å². The Balaban J connectivity index is 1.63. The molecule has 6 heteroatoms. The average molecular weight is 285 g/mol. The first-order valence-corrected chi connectivity index (χ1v) is 6.77. The van der Waals surface area contributed by atoms with Crippen molar-refractivity contribution < 1.29 is 9.53 Å². The van der Waals surface area contributed by atoms with Crippen LogP contribution in [0.3, 0.4) is 0 Å². The van der Waals surface area contributed by atoms with Gasteiger partial charge in [0.15, 0.2) is 0 Å². The van der Waals surface area contributed by atoms with E-state index in [2.05, 4.69) is 9.97 Å². The zero-order valence-electron chi connectivity index (χ0n) is 11.4. The summed E-state index contributed by atoms with van der Waals surface area (Å²) in [5, 5.41) is 0. The van der Waals surface area contributed by atoms with E-state index in [0.29, 0.717) is 18.7 Å². The molecular formula is C15H15N3O3. The summed E-state index contributed by atoms with van der Waals surface area (Å²) >= 11 is 0. The highest BCUT2D eigenvalue weighted by atomic mass is 16.5. The van der Waals surface area contributed by atoms with Crippen LogP contribution in [0.1, 0.15) is 16.8 Å². The number of nitrogens with one attached hydrogen (secondary N) is 1. The van der Waals surface area contributed by atoms with Gasteiger partial charge in [-0.1, -0.05) is 0 Å². The Morgan fingerprint density at radius 2 is 2.10 bits per heavy atom. The third-order valence-electron chi connectivity index (χ3n) is 3.42. The van der Waals surface area contributed by atoms with Crippen LogP contribution in [0.4, 0.5) is 0 Å². The SMILES string of the molecule is O=C(c1ccc(=O)[nH]c1)N1CC[C@H](Oc2ccncc2)C1. The Bertz CT molecular complexity index is 664. The van der Waals surface area contributed by atoms with Gasteiger partial charge in [-0.05, 0) is 18.2 Å². The number of hydrogen-bond donors (Lipinski definition) is 1. The van der Waals surface area contributed by atoms with Crippen LogP contribution in [0.2, 0.25) is 0 Å². The molecule has 0 bridgehead atoms. The quantitative estimate of drug-likeness (QED) is 0.915. The first kappa shape index (κ1) is 13.4. The van der Waals surface area contributed by atoms with Gasteiger partial charge in [0.2, 0.25) is 5.56 Å². The first-order valence-electron chi connectivity index (χ1n) is 6.77. The topological polar surface area (TPSA) is 75.3 Å². The minimum atomic E-state index is -0.216. The lowest BCUT2D eigenvalue weighted by Crippen LogP contribution is -2.31. The Morgan fingerprint density at radius 1 is 1.29 bits per heavy atom. The molecule has 0 saturated carbocycles. The number of amides is 1. The van der Waals surface area contributed by atoms with Gasteiger partial charge >= 0.3 is 0 Å². The van der Waals surface area contributed by atoms with Gasteiger partial charge in [0.1, 0.15) is 11.9 Å². The van der Waals surface area contributed by atoms with Gasteiger partial charge in [-0.2, -0.15) is 0 Å². The number of likely N-dealkylation sites (tertiary alicyclic amines) is 1. The van der Waals surface area contributed by atoms with Crippen molar-refractivity contribution in [3.63, 3.8) is 0 Å². The number of ether oxygens (including phenoxy) is 1. The summed E-state index contributed by atoms with van der Waals surface area (Å²) in [4.78, 5) is 31.5. The van der Waals surface area contributed by atoms with Crippen LogP contribution >= 0.6 is 0 Å². The lowest BCUT2D eigenvalue weighted by atomic mass is 10.2. The number of aromatic nitrogens is 2. The van der Waals surface area contributed by atoms with E-state index in [9.17, 15) is 9.59 Å². The lowest BCUT2D eigenvalue weighted by Gasteiger charge is -2.17. The molecule has 108 valence electrons. The summed E-state index contributed by atoms with van der Waals surface area (Å²) in [5.74, 6) is 0.667. The Kier molecular flexibility index (Phi) is 3.68. The molecule has 2 aromatic heterocycles. The molecule has 0 unspecified atom stereocenters. The van der Waals surface area contributed by atoms with Crippen molar-refractivity contribution in [2.75, 3.05) is 13.1 Å². The molecule has 1 fully saturated rings. The summed E-state index contributed by atoms with van der Waals surface area (Å²) in [6, 6.07) is 6.49. The van der Waals surface area contributed by atoms with Crippen LogP contribution in [0.15, 0.2) is 47.7 Å². The minimum absolute atomic E-state index is 0.0147. The molecule has 1 atom stereocenters. The molecule has 21 heavy (non-hydrogen) atoms. The van der Waals surface area contributed by atoms with Gasteiger partial charge in [-0.3, -0.25) is 14.6 Å². The molecule has 0 spiro atoms. The minimum Gasteiger partial charge on any atom is -0.488 e. The van der Waals surface area contributed by atoms with Crippen molar-refractivity contribution in [2.24, 2.45) is 0 Å². The second kappa shape index (κ2) is 5.78. The van der Waals surface area contributed by atoms with Gasteiger partial charge in [0.25, 0.3) is 5.91 Å². The van der Waals surface area contributed by atoms with Gasteiger partial charge < -0.3 is 14.6 Å². The van der Waals surface area contributed by atoms with E-state index in [1.165, 1.54) is 18.3 Å². The highest BCUT2D eigenvalue weighted by Gasteiger charge is 2.28. The predicted octanol–water partition coefficient (Wildman–Crippen LogP) is 1.06. The molecule has 0 aromatic carbocycles. The highest BCUT2D eigenvalue weighted by molar-refractivity contribution is 5.94. The molecule has 3 rings (SSSR count). The van der Waals surface area contributed by atoms with E-state index < -0.39 is 0 Å². The lowest BCUT2D eigenvalue weighted by molar-refractivity contribution is 0.0772. The van der Waals surface area contributed by atoms with Crippen molar-refractivity contribution in [1.29, 1.82) is 0 Å². The third-order valence-corrected chi connectivity index (χ3v) is 3.42. The van der Waals surface area contributed by atoms with Crippen molar-refractivity contribution >= 4 is 5.91 Å². The van der Waals surface area contributed by atoms with E-state index in [4.69, 9.17) is 4.74 Å². The van der Waals surface area contributed by atoms with E-state index in [1.807, 2.05) is 0 Å². The number of hydrogen-bond acceptors (Lipinski definition) is 4. The molecule has 1 aliphatic heterocycles. The maximum absolute atomic E-state index is 12.3. The van der Waals surface area contributed by atoms with Gasteiger partial charge in [-0.15, -0.1) is 0 Å². The van der Waals surface area contributed by atoms with Crippen molar-refractivity contribution in [3.8, 4) is 5.75 Å². The van der Waals surface area contributed by atoms with Crippen LogP contribution in [-0.4, -0.2) is 40.0 Å². The number of rotatable bonds is 3. The number of H-pyrrole nitrogens is 1. The molecule has 0 aliphatic carbocycles. The van der Waals surface area contributed by atoms with Crippen LogP contribution in [0, 0.1) is 0 Å². The Morgan fingerprint density at radius 3 is 2.81 bits per heavy atom. The molecule has 1 amide bonds. The number of carbonyl (C=O) groups is 1. The van der Waals surface area contributed by atoms with E-state index in [1.54, 1.807) is 29.4 Å². The monoisotopic (exact) mass is 285 g/mol. The summed E-state index contributed by atoms with van der Waals surface area (Å²) in [6.45, 7) is 1.19. The average Bonchev–Trinajstić information content (AvgIpc) is 2.97. The zero-order valence-corrected chi connectivity index (χ0v) is 11.4. The van der Waals surface area contributed by atoms with Crippen molar-refractivity contribution in [2.45, 2.75) is 12.5 Å². The molecule has 1 aliphatic rings. The fraction of sp³-hybridized carbons (Fsp3) is 0.267. The summed E-state index contributed by atoms with van der Waals surface area (Å²) in [7, 11) is 0. The van der Waals surface area contributed by atoms with E-state index >= 15 is 0 Å². The fourth-order valence-corrected chi connectivity index (χ4v) is 2.34. The van der Waals surface area contributed by atoms with Crippen molar-refractivity contribution in [1.82, 2.24) is 14.9 Å². The molecule has 0 radical (unpaired) electrons. The Labute approximate surface area is 121 Å². The highest BCUT2D eigenvalue weighted by Crippen LogP contribution is 2.18. The maximum Gasteiger partial charge on any atom is 0.255 e. The molecule has 1 saturated heterocycles. The summed E-state index contributed by atoms with van der Waals surface area (Å²) < 4.78 is 5.82. The van der Waals surface area contributed by atoms with Gasteiger partial charge in [0.05, 0.1) is 12.1 Å². The van der Waals surface area contributed by atoms with Gasteiger partial charge in [-0.25, -0.2) is 0 Å². The first-order chi connectivity index (χ1) is 10.2. The van der Waals surface area contributed by atoms with Crippen LogP contribution in [0.25, 0.3) is 0 Å². The fourth-order valence-electron chi connectivity index (χ4n) is 2.34. The smallest absolute Gasteiger partial charge is 0.255 e. The molecule has 2 aromatic rings. The van der Waals surface area contributed by atoms with Crippen molar-refractivity contribution in [3.05, 3.63) is 58.8 Å². The third kappa shape index (κ3) is 3.10. The van der Waals surface area contributed by atoms with Crippen LogP contribution < -0.4 is 10.3 Å². The summed E-state index contributed by atoms with van der Waals surface area (Å²) in [5.41, 5.74) is 0.269. The van der Waals surface area contributed by atoms with Crippen LogP contribution in [-0.2, 0) is 0 Å². The molecule has 1 N–H and O–H groups in total. The van der Waals surface area contributed by atoms with E-state index in [-0.39, 0.29) is 17.6 Å². The van der Waals surface area contributed by atoms with E-state index in [0.717, 1.165) is 12.2 Å². The second-order valence-corrected chi connectivity index (χ2v) is 4.90. The van der Waals surface area contributed by atoms with Gasteiger partial charge in [0, 0.05) is 37.6 Å². The standard InChI is InChI=1S/C15H15N3O3/c19-14-2-1-11(9-17-14)15(20)18-8-5-13(10-18)21-12-3-6-16-7-4-12/h1-4,6-7,9,13H,5,8,10H2,(H,17,19)/t13-/m0/s1. The molecule has 6 nitrogen and oxygen atoms in total. The predicted molar refractivity (Wildman–Crippen MR) is 76.2 cm³/mol.